The van der Waals surface area contributed by atoms with Crippen LogP contribution in [0.1, 0.15) is 60.3 Å². The zero-order valence-electron chi connectivity index (χ0n) is 21.3. The van der Waals surface area contributed by atoms with Crippen LogP contribution in [0.25, 0.3) is 0 Å². The Hall–Kier alpha value is -3.55. The molecule has 186 valence electrons. The van der Waals surface area contributed by atoms with E-state index in [9.17, 15) is 4.79 Å². The van der Waals surface area contributed by atoms with Gasteiger partial charge in [-0.15, -0.1) is 5.92 Å². The van der Waals surface area contributed by atoms with E-state index in [0.717, 1.165) is 36.5 Å². The second kappa shape index (κ2) is 13.0. The Bertz CT molecular complexity index is 1150. The molecule has 0 radical (unpaired) electrons. The summed E-state index contributed by atoms with van der Waals surface area (Å²) in [6.45, 7) is 5.58. The van der Waals surface area contributed by atoms with Gasteiger partial charge in [0.1, 0.15) is 12.4 Å². The van der Waals surface area contributed by atoms with Gasteiger partial charge in [0.2, 0.25) is 0 Å². The molecule has 0 amide bonds. The third kappa shape index (κ3) is 7.23. The summed E-state index contributed by atoms with van der Waals surface area (Å²) >= 11 is 0. The van der Waals surface area contributed by atoms with Gasteiger partial charge in [0, 0.05) is 6.54 Å². The largest absolute Gasteiger partial charge is 0.489 e. The van der Waals surface area contributed by atoms with Crippen molar-refractivity contribution in [2.75, 3.05) is 20.2 Å². The van der Waals surface area contributed by atoms with Crippen molar-refractivity contribution < 1.29 is 14.3 Å². The number of carbonyl (C=O) groups excluding carboxylic acids is 1. The maximum atomic E-state index is 11.7. The molecule has 1 heterocycles. The van der Waals surface area contributed by atoms with Crippen LogP contribution in [0.2, 0.25) is 0 Å². The Kier molecular flexibility index (Phi) is 9.19. The lowest BCUT2D eigenvalue weighted by Crippen LogP contribution is -2.32. The number of piperidine rings is 1. The van der Waals surface area contributed by atoms with Crippen molar-refractivity contribution in [3.8, 4) is 17.6 Å². The van der Waals surface area contributed by atoms with E-state index < -0.39 is 0 Å². The molecule has 0 aromatic heterocycles. The lowest BCUT2D eigenvalue weighted by molar-refractivity contribution is -0.140. The van der Waals surface area contributed by atoms with Crippen LogP contribution in [0.4, 0.5) is 0 Å². The number of methoxy groups -OCH3 is 1. The van der Waals surface area contributed by atoms with Gasteiger partial charge in [-0.05, 0) is 73.2 Å². The first-order valence-electron chi connectivity index (χ1n) is 12.7. The van der Waals surface area contributed by atoms with E-state index >= 15 is 0 Å². The van der Waals surface area contributed by atoms with Gasteiger partial charge in [-0.3, -0.25) is 9.69 Å². The van der Waals surface area contributed by atoms with Crippen LogP contribution in [0.3, 0.4) is 0 Å². The minimum Gasteiger partial charge on any atom is -0.489 e. The van der Waals surface area contributed by atoms with Crippen LogP contribution >= 0.6 is 0 Å². The van der Waals surface area contributed by atoms with Gasteiger partial charge in [0.15, 0.2) is 0 Å². The zero-order chi connectivity index (χ0) is 25.2. The number of benzene rings is 3. The van der Waals surface area contributed by atoms with E-state index in [2.05, 4.69) is 71.3 Å². The van der Waals surface area contributed by atoms with Crippen LogP contribution in [-0.2, 0) is 22.7 Å². The molecule has 4 rings (SSSR count). The SMILES string of the molecule is CC#C[C@@H](CC(=O)OC)c1ccc(OCc2ccc(CN3CCC(c4ccccc4)CC3)cc2)cc1. The minimum atomic E-state index is -0.261. The normalized spacial score (nSPS) is 14.9. The molecule has 1 fully saturated rings. The van der Waals surface area contributed by atoms with Crippen molar-refractivity contribution in [1.29, 1.82) is 0 Å². The highest BCUT2D eigenvalue weighted by Crippen LogP contribution is 2.28. The van der Waals surface area contributed by atoms with Gasteiger partial charge in [0.05, 0.1) is 19.4 Å². The predicted molar refractivity (Wildman–Crippen MR) is 144 cm³/mol. The Labute approximate surface area is 215 Å². The Balaban J connectivity index is 1.24. The summed E-state index contributed by atoms with van der Waals surface area (Å²) in [4.78, 5) is 14.2. The molecule has 0 N–H and O–H groups in total. The van der Waals surface area contributed by atoms with Crippen LogP contribution in [-0.4, -0.2) is 31.1 Å². The van der Waals surface area contributed by atoms with Crippen molar-refractivity contribution in [3.05, 3.63) is 101 Å². The third-order valence-corrected chi connectivity index (χ3v) is 6.89. The molecule has 0 aliphatic carbocycles. The topological polar surface area (TPSA) is 38.8 Å². The van der Waals surface area contributed by atoms with E-state index in [-0.39, 0.29) is 18.3 Å². The third-order valence-electron chi connectivity index (χ3n) is 6.89. The highest BCUT2D eigenvalue weighted by molar-refractivity contribution is 5.71. The molecule has 3 aromatic carbocycles. The maximum Gasteiger partial charge on any atom is 0.307 e. The average molecular weight is 482 g/mol. The molecule has 1 atom stereocenters. The molecule has 1 aliphatic heterocycles. The second-order valence-corrected chi connectivity index (χ2v) is 9.36. The zero-order valence-corrected chi connectivity index (χ0v) is 21.3. The van der Waals surface area contributed by atoms with Gasteiger partial charge in [0.25, 0.3) is 0 Å². The number of nitrogens with zero attached hydrogens (tertiary/aromatic N) is 1. The van der Waals surface area contributed by atoms with Crippen molar-refractivity contribution in [2.45, 2.75) is 51.2 Å². The fourth-order valence-electron chi connectivity index (χ4n) is 4.79. The summed E-state index contributed by atoms with van der Waals surface area (Å²) in [6.07, 6.45) is 2.70. The molecule has 0 spiro atoms. The van der Waals surface area contributed by atoms with E-state index in [4.69, 9.17) is 9.47 Å². The lowest BCUT2D eigenvalue weighted by atomic mass is 9.89. The van der Waals surface area contributed by atoms with E-state index in [1.54, 1.807) is 6.92 Å². The Morgan fingerprint density at radius 3 is 2.25 bits per heavy atom. The van der Waals surface area contributed by atoms with E-state index in [1.807, 2.05) is 24.3 Å². The van der Waals surface area contributed by atoms with Crippen LogP contribution in [0.15, 0.2) is 78.9 Å². The van der Waals surface area contributed by atoms with Crippen molar-refractivity contribution in [3.63, 3.8) is 0 Å². The number of hydrogen-bond donors (Lipinski definition) is 0. The maximum absolute atomic E-state index is 11.7. The molecule has 0 saturated carbocycles. The average Bonchev–Trinajstić information content (AvgIpc) is 2.93. The Morgan fingerprint density at radius 2 is 1.61 bits per heavy atom. The van der Waals surface area contributed by atoms with Gasteiger partial charge in [-0.2, -0.15) is 0 Å². The monoisotopic (exact) mass is 481 g/mol. The molecule has 1 saturated heterocycles. The fraction of sp³-hybridized carbons (Fsp3) is 0.344. The summed E-state index contributed by atoms with van der Waals surface area (Å²) in [5.41, 5.74) is 4.95. The Morgan fingerprint density at radius 1 is 0.944 bits per heavy atom. The predicted octanol–water partition coefficient (Wildman–Crippen LogP) is 6.32. The molecular formula is C32H35NO3. The van der Waals surface area contributed by atoms with E-state index in [0.29, 0.717) is 12.5 Å². The van der Waals surface area contributed by atoms with Crippen LogP contribution in [0.5, 0.6) is 5.75 Å². The number of ether oxygens (including phenoxy) is 2. The number of hydrogen-bond acceptors (Lipinski definition) is 4. The quantitative estimate of drug-likeness (QED) is 0.265. The molecule has 0 bridgehead atoms. The summed E-state index contributed by atoms with van der Waals surface area (Å²) < 4.78 is 10.8. The lowest BCUT2D eigenvalue weighted by Gasteiger charge is -2.32. The first-order chi connectivity index (χ1) is 17.6. The van der Waals surface area contributed by atoms with Crippen LogP contribution < -0.4 is 4.74 Å². The molecule has 36 heavy (non-hydrogen) atoms. The number of carbonyl (C=O) groups is 1. The summed E-state index contributed by atoms with van der Waals surface area (Å²) in [5.74, 6) is 7.05. The molecule has 1 aliphatic rings. The minimum absolute atomic E-state index is 0.173. The highest BCUT2D eigenvalue weighted by atomic mass is 16.5. The second-order valence-electron chi connectivity index (χ2n) is 9.36. The summed E-state index contributed by atoms with van der Waals surface area (Å²) in [5, 5.41) is 0. The summed E-state index contributed by atoms with van der Waals surface area (Å²) in [7, 11) is 1.40. The number of rotatable bonds is 9. The molecule has 3 aromatic rings. The van der Waals surface area contributed by atoms with Gasteiger partial charge < -0.3 is 9.47 Å². The fourth-order valence-corrected chi connectivity index (χ4v) is 4.79. The first-order valence-corrected chi connectivity index (χ1v) is 12.7. The van der Waals surface area contributed by atoms with Crippen molar-refractivity contribution in [1.82, 2.24) is 4.90 Å². The first kappa shape index (κ1) is 25.5. The molecular weight excluding hydrogens is 446 g/mol. The molecule has 4 nitrogen and oxygen atoms in total. The van der Waals surface area contributed by atoms with Gasteiger partial charge >= 0.3 is 5.97 Å². The number of likely N-dealkylation sites (tertiary alicyclic amines) is 1. The standard InChI is InChI=1S/C32H35NO3/c1-3-7-30(22-32(34)35-2)28-14-16-31(17-15-28)36-24-26-12-10-25(11-13-26)23-33-20-18-29(19-21-33)27-8-5-4-6-9-27/h4-6,8-17,29-30H,18-24H2,1-2H3/t30-/m0/s1. The summed E-state index contributed by atoms with van der Waals surface area (Å²) in [6, 6.07) is 27.5. The smallest absolute Gasteiger partial charge is 0.307 e. The van der Waals surface area contributed by atoms with Crippen molar-refractivity contribution in [2.24, 2.45) is 0 Å². The van der Waals surface area contributed by atoms with Crippen LogP contribution in [0, 0.1) is 11.8 Å². The van der Waals surface area contributed by atoms with Gasteiger partial charge in [-0.1, -0.05) is 72.7 Å². The number of esters is 1. The van der Waals surface area contributed by atoms with E-state index in [1.165, 1.54) is 31.1 Å². The molecule has 4 heteroatoms. The van der Waals surface area contributed by atoms with Crippen molar-refractivity contribution >= 4 is 5.97 Å². The molecule has 0 unspecified atom stereocenters. The van der Waals surface area contributed by atoms with Gasteiger partial charge in [-0.25, -0.2) is 0 Å². The highest BCUT2D eigenvalue weighted by Gasteiger charge is 2.20.